The first-order chi connectivity index (χ1) is 15.0. The van der Waals surface area contributed by atoms with E-state index in [4.69, 9.17) is 9.15 Å². The number of hydrogen-bond acceptors (Lipinski definition) is 5. The Balaban J connectivity index is 1.38. The third-order valence-electron chi connectivity index (χ3n) is 5.98. The highest BCUT2D eigenvalue weighted by Crippen LogP contribution is 2.25. The number of carbonyl (C=O) groups is 1. The molecule has 2 heterocycles. The number of methoxy groups -OCH3 is 1. The molecule has 1 amide bonds. The summed E-state index contributed by atoms with van der Waals surface area (Å²) in [6.07, 6.45) is 5.37. The minimum absolute atomic E-state index is 0.0628. The molecule has 7 nitrogen and oxygen atoms in total. The minimum atomic E-state index is -0.0628. The maximum Gasteiger partial charge on any atom is 0.274 e. The molecule has 1 atom stereocenters. The highest BCUT2D eigenvalue weighted by Gasteiger charge is 2.29. The molecule has 0 saturated heterocycles. The third-order valence-corrected chi connectivity index (χ3v) is 5.98. The second-order valence-electron chi connectivity index (χ2n) is 8.13. The van der Waals surface area contributed by atoms with Crippen molar-refractivity contribution < 1.29 is 13.9 Å². The Kier molecular flexibility index (Phi) is 6.42. The molecule has 2 aromatic heterocycles. The van der Waals surface area contributed by atoms with E-state index in [0.717, 1.165) is 49.3 Å². The molecule has 0 radical (unpaired) electrons. The quantitative estimate of drug-likeness (QED) is 0.604. The maximum absolute atomic E-state index is 13.1. The number of ether oxygens (including phenoxy) is 1. The normalized spacial score (nSPS) is 15.5. The van der Waals surface area contributed by atoms with E-state index in [1.807, 2.05) is 36.0 Å². The van der Waals surface area contributed by atoms with Crippen LogP contribution in [0.3, 0.4) is 0 Å². The average Bonchev–Trinajstić information content (AvgIpc) is 3.41. The fourth-order valence-electron chi connectivity index (χ4n) is 4.24. The topological polar surface area (TPSA) is 72.5 Å². The number of amides is 1. The molecular weight excluding hydrogens is 392 g/mol. The van der Waals surface area contributed by atoms with Gasteiger partial charge in [-0.25, -0.2) is 0 Å². The summed E-state index contributed by atoms with van der Waals surface area (Å²) in [5.41, 5.74) is 4.09. The first kappa shape index (κ1) is 21.2. The van der Waals surface area contributed by atoms with E-state index >= 15 is 0 Å². The third kappa shape index (κ3) is 4.82. The van der Waals surface area contributed by atoms with Crippen molar-refractivity contribution in [2.45, 2.75) is 38.3 Å². The molecule has 1 aromatic carbocycles. The van der Waals surface area contributed by atoms with Crippen LogP contribution in [0.15, 0.2) is 47.1 Å². The molecule has 31 heavy (non-hydrogen) atoms. The zero-order chi connectivity index (χ0) is 21.8. The van der Waals surface area contributed by atoms with Crippen LogP contribution in [-0.2, 0) is 32.9 Å². The molecule has 7 heteroatoms. The maximum atomic E-state index is 13.1. The smallest absolute Gasteiger partial charge is 0.274 e. The second kappa shape index (κ2) is 9.39. The highest BCUT2D eigenvalue weighted by molar-refractivity contribution is 5.94. The first-order valence-electron chi connectivity index (χ1n) is 10.7. The van der Waals surface area contributed by atoms with Gasteiger partial charge in [0.2, 0.25) is 0 Å². The number of benzene rings is 1. The van der Waals surface area contributed by atoms with Crippen LogP contribution in [0.4, 0.5) is 0 Å². The van der Waals surface area contributed by atoms with Crippen molar-refractivity contribution in [3.63, 3.8) is 0 Å². The Hall–Kier alpha value is -3.06. The summed E-state index contributed by atoms with van der Waals surface area (Å²) in [5, 5.41) is 8.25. The van der Waals surface area contributed by atoms with Gasteiger partial charge in [-0.3, -0.25) is 9.48 Å². The van der Waals surface area contributed by atoms with Gasteiger partial charge in [0.25, 0.3) is 5.91 Å². The van der Waals surface area contributed by atoms with E-state index in [1.54, 1.807) is 25.3 Å². The molecule has 164 valence electrons. The van der Waals surface area contributed by atoms with Crippen LogP contribution in [0.25, 0.3) is 0 Å². The van der Waals surface area contributed by atoms with Gasteiger partial charge in [0.15, 0.2) is 5.69 Å². The monoisotopic (exact) mass is 422 g/mol. The van der Waals surface area contributed by atoms with E-state index in [0.29, 0.717) is 18.3 Å². The van der Waals surface area contributed by atoms with Gasteiger partial charge in [-0.15, -0.1) is 0 Å². The fourth-order valence-corrected chi connectivity index (χ4v) is 4.24. The zero-order valence-corrected chi connectivity index (χ0v) is 18.4. The molecule has 0 aliphatic heterocycles. The number of nitrogens with one attached hydrogen (secondary N) is 1. The predicted octanol–water partition coefficient (Wildman–Crippen LogP) is 2.98. The van der Waals surface area contributed by atoms with E-state index in [1.165, 1.54) is 11.3 Å². The molecule has 3 aromatic rings. The van der Waals surface area contributed by atoms with Gasteiger partial charge in [0.1, 0.15) is 11.5 Å². The van der Waals surface area contributed by atoms with Gasteiger partial charge in [-0.1, -0.05) is 12.1 Å². The number of nitrogens with zero attached hydrogens (tertiary/aromatic N) is 3. The molecule has 1 unspecified atom stereocenters. The molecule has 0 fully saturated rings. The van der Waals surface area contributed by atoms with E-state index in [2.05, 4.69) is 22.5 Å². The number of hydrogen-bond donors (Lipinski definition) is 1. The lowest BCUT2D eigenvalue weighted by molar-refractivity contribution is 0.0767. The van der Waals surface area contributed by atoms with Crippen LogP contribution in [-0.4, -0.2) is 47.3 Å². The lowest BCUT2D eigenvalue weighted by atomic mass is 9.91. The summed E-state index contributed by atoms with van der Waals surface area (Å²) in [6.45, 7) is 1.33. The van der Waals surface area contributed by atoms with E-state index in [-0.39, 0.29) is 5.91 Å². The number of aromatic nitrogens is 2. The van der Waals surface area contributed by atoms with Gasteiger partial charge in [0.05, 0.1) is 19.9 Å². The number of carbonyl (C=O) groups excluding carboxylic acids is 1. The van der Waals surface area contributed by atoms with E-state index < -0.39 is 0 Å². The molecule has 4 rings (SSSR count). The van der Waals surface area contributed by atoms with Gasteiger partial charge in [-0.2, -0.15) is 5.10 Å². The lowest BCUT2D eigenvalue weighted by Crippen LogP contribution is -2.37. The SMILES string of the molecule is COc1ccc(CCNC2CCc3c(c(C(=O)N(C)Cc4ccco4)nn3C)C2)cc1. The number of furan rings is 1. The molecule has 1 aliphatic rings. The molecule has 0 saturated carbocycles. The summed E-state index contributed by atoms with van der Waals surface area (Å²) < 4.78 is 12.5. The lowest BCUT2D eigenvalue weighted by Gasteiger charge is -2.25. The number of rotatable bonds is 8. The van der Waals surface area contributed by atoms with Crippen molar-refractivity contribution in [3.05, 3.63) is 70.9 Å². The molecule has 1 aliphatic carbocycles. The van der Waals surface area contributed by atoms with Gasteiger partial charge in [-0.05, 0) is 62.1 Å². The summed E-state index contributed by atoms with van der Waals surface area (Å²) in [5.74, 6) is 1.58. The van der Waals surface area contributed by atoms with Crippen LogP contribution in [0.5, 0.6) is 5.75 Å². The van der Waals surface area contributed by atoms with Gasteiger partial charge < -0.3 is 19.4 Å². The average molecular weight is 423 g/mol. The summed E-state index contributed by atoms with van der Waals surface area (Å²) >= 11 is 0. The summed E-state index contributed by atoms with van der Waals surface area (Å²) in [7, 11) is 5.40. The van der Waals surface area contributed by atoms with Crippen molar-refractivity contribution in [1.82, 2.24) is 20.0 Å². The Morgan fingerprint density at radius 1 is 1.32 bits per heavy atom. The van der Waals surface area contributed by atoms with Gasteiger partial charge >= 0.3 is 0 Å². The summed E-state index contributed by atoms with van der Waals surface area (Å²) in [6, 6.07) is 12.2. The highest BCUT2D eigenvalue weighted by atomic mass is 16.5. The van der Waals surface area contributed by atoms with Crippen LogP contribution in [0.2, 0.25) is 0 Å². The Morgan fingerprint density at radius 2 is 2.13 bits per heavy atom. The van der Waals surface area contributed by atoms with Crippen molar-refractivity contribution in [3.8, 4) is 5.75 Å². The fraction of sp³-hybridized carbons (Fsp3) is 0.417. The minimum Gasteiger partial charge on any atom is -0.497 e. The van der Waals surface area contributed by atoms with Crippen molar-refractivity contribution in [1.29, 1.82) is 0 Å². The van der Waals surface area contributed by atoms with Crippen LogP contribution >= 0.6 is 0 Å². The Labute approximate surface area is 183 Å². The standard InChI is InChI=1S/C24H30N4O3/c1-27(16-20-5-4-14-31-20)24(29)23-21-15-18(8-11-22(21)28(2)26-23)25-13-12-17-6-9-19(30-3)10-7-17/h4-7,9-10,14,18,25H,8,11-13,15-16H2,1-3H3. The van der Waals surface area contributed by atoms with Crippen LogP contribution in [0.1, 0.15) is 39.5 Å². The molecule has 0 spiro atoms. The Bertz CT molecular complexity index is 1010. The van der Waals surface area contributed by atoms with E-state index in [9.17, 15) is 4.79 Å². The molecule has 0 bridgehead atoms. The Morgan fingerprint density at radius 3 is 2.84 bits per heavy atom. The molecular formula is C24H30N4O3. The van der Waals surface area contributed by atoms with Crippen LogP contribution < -0.4 is 10.1 Å². The second-order valence-corrected chi connectivity index (χ2v) is 8.13. The van der Waals surface area contributed by atoms with Gasteiger partial charge in [0, 0.05) is 31.4 Å². The summed E-state index contributed by atoms with van der Waals surface area (Å²) in [4.78, 5) is 14.8. The van der Waals surface area contributed by atoms with Crippen molar-refractivity contribution in [2.75, 3.05) is 20.7 Å². The number of fused-ring (bicyclic) bond motifs is 1. The predicted molar refractivity (Wildman–Crippen MR) is 118 cm³/mol. The van der Waals surface area contributed by atoms with Crippen molar-refractivity contribution >= 4 is 5.91 Å². The largest absolute Gasteiger partial charge is 0.497 e. The van der Waals surface area contributed by atoms with Crippen LogP contribution in [0, 0.1) is 0 Å². The van der Waals surface area contributed by atoms with Crippen molar-refractivity contribution in [2.24, 2.45) is 7.05 Å². The zero-order valence-electron chi connectivity index (χ0n) is 18.4. The first-order valence-corrected chi connectivity index (χ1v) is 10.7. The number of aryl methyl sites for hydroxylation is 1. The molecule has 1 N–H and O–H groups in total.